The number of ether oxygens (including phenoxy) is 4. The standard InChI is InChI=1S/C28H28O6/c1-17(29)33-25-21-10-8-7-9-20(21)24-22(23(25)26(30)32-6)15-16-28(34-24,27(2,3)4)18-11-13-19(31-5)14-12-18/h7-16H,1-6H3. The first kappa shape index (κ1) is 23.4. The van der Waals surface area contributed by atoms with Gasteiger partial charge in [-0.1, -0.05) is 57.2 Å². The monoisotopic (exact) mass is 460 g/mol. The molecule has 0 fully saturated rings. The number of esters is 2. The van der Waals surface area contributed by atoms with Gasteiger partial charge < -0.3 is 18.9 Å². The first-order valence-electron chi connectivity index (χ1n) is 11.0. The minimum atomic E-state index is -0.842. The molecule has 1 heterocycles. The van der Waals surface area contributed by atoms with E-state index in [0.717, 1.165) is 16.7 Å². The number of hydrogen-bond donors (Lipinski definition) is 0. The molecule has 1 atom stereocenters. The fourth-order valence-corrected chi connectivity index (χ4v) is 4.44. The maximum atomic E-state index is 12.9. The molecule has 1 aliphatic rings. The summed E-state index contributed by atoms with van der Waals surface area (Å²) in [6.45, 7) is 7.60. The molecular formula is C28H28O6. The number of fused-ring (bicyclic) bond motifs is 3. The van der Waals surface area contributed by atoms with Crippen LogP contribution in [-0.4, -0.2) is 26.2 Å². The van der Waals surface area contributed by atoms with Crippen LogP contribution in [0.15, 0.2) is 54.6 Å². The largest absolute Gasteiger partial charge is 0.497 e. The number of methoxy groups -OCH3 is 2. The first-order valence-corrected chi connectivity index (χ1v) is 11.0. The van der Waals surface area contributed by atoms with Crippen LogP contribution in [0, 0.1) is 5.41 Å². The van der Waals surface area contributed by atoms with Crippen molar-refractivity contribution < 1.29 is 28.5 Å². The summed E-state index contributed by atoms with van der Waals surface area (Å²) in [6, 6.07) is 15.2. The fourth-order valence-electron chi connectivity index (χ4n) is 4.44. The SMILES string of the molecule is COC(=O)c1c2c(c3ccccc3c1OC(C)=O)OC(c1ccc(OC)cc1)(C(C)(C)C)C=C2. The van der Waals surface area contributed by atoms with Crippen LogP contribution in [0.2, 0.25) is 0 Å². The van der Waals surface area contributed by atoms with Gasteiger partial charge in [-0.2, -0.15) is 0 Å². The molecule has 34 heavy (non-hydrogen) atoms. The average molecular weight is 461 g/mol. The van der Waals surface area contributed by atoms with E-state index < -0.39 is 17.5 Å². The summed E-state index contributed by atoms with van der Waals surface area (Å²) in [4.78, 5) is 24.8. The van der Waals surface area contributed by atoms with Crippen molar-refractivity contribution in [2.45, 2.75) is 33.3 Å². The molecule has 6 nitrogen and oxygen atoms in total. The average Bonchev–Trinajstić information content (AvgIpc) is 2.82. The van der Waals surface area contributed by atoms with Gasteiger partial charge in [-0.25, -0.2) is 4.79 Å². The maximum Gasteiger partial charge on any atom is 0.342 e. The molecule has 0 radical (unpaired) electrons. The molecule has 6 heteroatoms. The highest BCUT2D eigenvalue weighted by Crippen LogP contribution is 2.52. The van der Waals surface area contributed by atoms with Gasteiger partial charge in [-0.3, -0.25) is 4.79 Å². The molecule has 0 amide bonds. The van der Waals surface area contributed by atoms with Crippen molar-refractivity contribution in [1.29, 1.82) is 0 Å². The summed E-state index contributed by atoms with van der Waals surface area (Å²) in [5.74, 6) is 0.296. The Morgan fingerprint density at radius 2 is 1.59 bits per heavy atom. The van der Waals surface area contributed by atoms with Gasteiger partial charge >= 0.3 is 11.9 Å². The molecule has 3 aromatic rings. The van der Waals surface area contributed by atoms with E-state index in [-0.39, 0.29) is 16.7 Å². The summed E-state index contributed by atoms with van der Waals surface area (Å²) < 4.78 is 22.8. The predicted molar refractivity (Wildman–Crippen MR) is 130 cm³/mol. The third kappa shape index (κ3) is 3.69. The lowest BCUT2D eigenvalue weighted by Crippen LogP contribution is -2.45. The molecule has 3 aromatic carbocycles. The predicted octanol–water partition coefficient (Wildman–Crippen LogP) is 5.91. The zero-order chi connectivity index (χ0) is 24.7. The van der Waals surface area contributed by atoms with Gasteiger partial charge in [0.1, 0.15) is 17.1 Å². The zero-order valence-corrected chi connectivity index (χ0v) is 20.2. The molecule has 0 N–H and O–H groups in total. The van der Waals surface area contributed by atoms with Gasteiger partial charge in [0, 0.05) is 34.2 Å². The number of hydrogen-bond acceptors (Lipinski definition) is 6. The molecule has 0 saturated heterocycles. The second-order valence-corrected chi connectivity index (χ2v) is 9.23. The Morgan fingerprint density at radius 3 is 2.15 bits per heavy atom. The summed E-state index contributed by atoms with van der Waals surface area (Å²) in [5.41, 5.74) is 0.396. The molecule has 0 aliphatic carbocycles. The normalized spacial score (nSPS) is 17.0. The second-order valence-electron chi connectivity index (χ2n) is 9.23. The number of carbonyl (C=O) groups excluding carboxylic acids is 2. The second kappa shape index (κ2) is 8.52. The highest BCUT2D eigenvalue weighted by atomic mass is 16.5. The van der Waals surface area contributed by atoms with Crippen molar-refractivity contribution in [3.63, 3.8) is 0 Å². The van der Waals surface area contributed by atoms with Crippen LogP contribution in [0.5, 0.6) is 17.2 Å². The molecule has 1 aliphatic heterocycles. The molecule has 0 spiro atoms. The van der Waals surface area contributed by atoms with Crippen molar-refractivity contribution >= 4 is 28.8 Å². The molecule has 1 unspecified atom stereocenters. The Hall–Kier alpha value is -3.80. The van der Waals surface area contributed by atoms with Gasteiger partial charge in [0.25, 0.3) is 0 Å². The van der Waals surface area contributed by atoms with Crippen molar-refractivity contribution in [1.82, 2.24) is 0 Å². The lowest BCUT2D eigenvalue weighted by atomic mass is 9.70. The van der Waals surface area contributed by atoms with E-state index in [9.17, 15) is 9.59 Å². The number of benzene rings is 3. The Bertz CT molecular complexity index is 1300. The van der Waals surface area contributed by atoms with Crippen molar-refractivity contribution in [2.75, 3.05) is 14.2 Å². The Kier molecular flexibility index (Phi) is 5.86. The Morgan fingerprint density at radius 1 is 0.941 bits per heavy atom. The zero-order valence-electron chi connectivity index (χ0n) is 20.2. The number of carbonyl (C=O) groups is 2. The van der Waals surface area contributed by atoms with Gasteiger partial charge in [0.15, 0.2) is 11.4 Å². The van der Waals surface area contributed by atoms with Crippen molar-refractivity contribution in [2.24, 2.45) is 5.41 Å². The van der Waals surface area contributed by atoms with Crippen LogP contribution in [-0.2, 0) is 15.1 Å². The topological polar surface area (TPSA) is 71.1 Å². The van der Waals surface area contributed by atoms with Crippen LogP contribution >= 0.6 is 0 Å². The van der Waals surface area contributed by atoms with E-state index in [0.29, 0.717) is 16.7 Å². The van der Waals surface area contributed by atoms with Crippen LogP contribution in [0.4, 0.5) is 0 Å². The van der Waals surface area contributed by atoms with Crippen LogP contribution in [0.1, 0.15) is 49.2 Å². The summed E-state index contributed by atoms with van der Waals surface area (Å²) in [5, 5.41) is 1.32. The van der Waals surface area contributed by atoms with Gasteiger partial charge in [-0.15, -0.1) is 0 Å². The van der Waals surface area contributed by atoms with E-state index in [4.69, 9.17) is 18.9 Å². The molecule has 176 valence electrons. The van der Waals surface area contributed by atoms with E-state index in [1.54, 1.807) is 13.2 Å². The quantitative estimate of drug-likeness (QED) is 0.356. The van der Waals surface area contributed by atoms with E-state index in [1.165, 1.54) is 14.0 Å². The highest BCUT2D eigenvalue weighted by molar-refractivity contribution is 6.09. The Balaban J connectivity index is 2.05. The Labute approximate surface area is 199 Å². The van der Waals surface area contributed by atoms with Crippen LogP contribution in [0.25, 0.3) is 16.8 Å². The molecule has 4 rings (SSSR count). The maximum absolute atomic E-state index is 12.9. The molecular weight excluding hydrogens is 432 g/mol. The third-order valence-corrected chi connectivity index (χ3v) is 6.17. The fraction of sp³-hybridized carbons (Fsp3) is 0.286. The molecule has 0 saturated carbocycles. The van der Waals surface area contributed by atoms with Gasteiger partial charge in [0.05, 0.1) is 14.2 Å². The smallest absolute Gasteiger partial charge is 0.342 e. The van der Waals surface area contributed by atoms with Crippen LogP contribution in [0.3, 0.4) is 0 Å². The van der Waals surface area contributed by atoms with E-state index in [1.807, 2.05) is 54.6 Å². The lowest BCUT2D eigenvalue weighted by molar-refractivity contribution is -0.131. The minimum Gasteiger partial charge on any atom is -0.497 e. The number of rotatable bonds is 4. The van der Waals surface area contributed by atoms with E-state index >= 15 is 0 Å². The van der Waals surface area contributed by atoms with Crippen molar-refractivity contribution in [3.8, 4) is 17.2 Å². The van der Waals surface area contributed by atoms with Gasteiger partial charge in [-0.05, 0) is 24.3 Å². The van der Waals surface area contributed by atoms with Crippen LogP contribution < -0.4 is 14.2 Å². The summed E-state index contributed by atoms with van der Waals surface area (Å²) in [7, 11) is 2.93. The van der Waals surface area contributed by atoms with Crippen molar-refractivity contribution in [3.05, 3.63) is 71.3 Å². The van der Waals surface area contributed by atoms with Gasteiger partial charge in [0.2, 0.25) is 0 Å². The molecule has 0 aromatic heterocycles. The van der Waals surface area contributed by atoms with E-state index in [2.05, 4.69) is 20.8 Å². The highest BCUT2D eigenvalue weighted by Gasteiger charge is 2.47. The summed E-state index contributed by atoms with van der Waals surface area (Å²) in [6.07, 6.45) is 3.82. The minimum absolute atomic E-state index is 0.153. The molecule has 0 bridgehead atoms. The lowest BCUT2D eigenvalue weighted by Gasteiger charge is -2.45. The third-order valence-electron chi connectivity index (χ3n) is 6.17. The summed E-state index contributed by atoms with van der Waals surface area (Å²) >= 11 is 0. The first-order chi connectivity index (χ1) is 16.1.